The van der Waals surface area contributed by atoms with E-state index in [1.807, 2.05) is 0 Å². The van der Waals surface area contributed by atoms with Crippen molar-refractivity contribution < 1.29 is 9.47 Å². The average Bonchev–Trinajstić information content (AvgIpc) is 2.71. The molecule has 2 rings (SSSR count). The Kier molecular flexibility index (Phi) is 3.39. The van der Waals surface area contributed by atoms with Gasteiger partial charge in [0.1, 0.15) is 6.10 Å². The van der Waals surface area contributed by atoms with Crippen LogP contribution in [0.2, 0.25) is 0 Å². The van der Waals surface area contributed by atoms with Gasteiger partial charge in [0.2, 0.25) is 0 Å². The van der Waals surface area contributed by atoms with Crippen molar-refractivity contribution in [3.8, 4) is 0 Å². The van der Waals surface area contributed by atoms with Crippen molar-refractivity contribution in [3.63, 3.8) is 0 Å². The molecule has 3 nitrogen and oxygen atoms in total. The number of rotatable bonds is 3. The molecule has 0 bridgehead atoms. The highest BCUT2D eigenvalue weighted by Crippen LogP contribution is 2.19. The number of ether oxygens (including phenoxy) is 2. The molecule has 2 heterocycles. The van der Waals surface area contributed by atoms with Crippen LogP contribution in [-0.4, -0.2) is 32.5 Å². The first kappa shape index (κ1) is 9.96. The van der Waals surface area contributed by atoms with Gasteiger partial charge in [-0.2, -0.15) is 11.3 Å². The molecule has 1 aliphatic heterocycles. The van der Waals surface area contributed by atoms with E-state index in [4.69, 9.17) is 9.47 Å². The van der Waals surface area contributed by atoms with E-state index in [1.54, 1.807) is 18.4 Å². The lowest BCUT2D eigenvalue weighted by Crippen LogP contribution is -2.43. The predicted molar refractivity (Wildman–Crippen MR) is 58.0 cm³/mol. The third-order valence-electron chi connectivity index (χ3n) is 2.48. The molecular formula is C10H15NO2S. The fourth-order valence-electron chi connectivity index (χ4n) is 1.67. The first-order valence-corrected chi connectivity index (χ1v) is 5.73. The number of thiophene rings is 1. The first-order valence-electron chi connectivity index (χ1n) is 4.79. The fraction of sp³-hybridized carbons (Fsp3) is 0.600. The summed E-state index contributed by atoms with van der Waals surface area (Å²) in [6.07, 6.45) is 1.18. The first-order chi connectivity index (χ1) is 6.90. The van der Waals surface area contributed by atoms with E-state index >= 15 is 0 Å². The molecule has 14 heavy (non-hydrogen) atoms. The Morgan fingerprint density at radius 3 is 3.29 bits per heavy atom. The zero-order chi connectivity index (χ0) is 9.80. The van der Waals surface area contributed by atoms with Crippen molar-refractivity contribution in [2.45, 2.75) is 18.6 Å². The molecule has 0 spiro atoms. The van der Waals surface area contributed by atoms with Crippen LogP contribution in [0.5, 0.6) is 0 Å². The standard InChI is InChI=1S/C10H15NO2S/c1-12-10-6-13-4-2-9(10)11-8-3-5-14-7-8/h3,5,7,9-11H,2,4,6H2,1H3. The lowest BCUT2D eigenvalue weighted by molar-refractivity contribution is -0.0366. The van der Waals surface area contributed by atoms with Gasteiger partial charge in [0, 0.05) is 24.8 Å². The number of anilines is 1. The summed E-state index contributed by atoms with van der Waals surface area (Å²) in [4.78, 5) is 0. The molecule has 1 saturated heterocycles. The second-order valence-corrected chi connectivity index (χ2v) is 4.18. The van der Waals surface area contributed by atoms with Gasteiger partial charge in [-0.3, -0.25) is 0 Å². The number of methoxy groups -OCH3 is 1. The van der Waals surface area contributed by atoms with Crippen LogP contribution in [0.15, 0.2) is 16.8 Å². The third-order valence-corrected chi connectivity index (χ3v) is 3.16. The molecular weight excluding hydrogens is 198 g/mol. The van der Waals surface area contributed by atoms with E-state index in [1.165, 1.54) is 5.69 Å². The Morgan fingerprint density at radius 2 is 2.57 bits per heavy atom. The van der Waals surface area contributed by atoms with Gasteiger partial charge in [-0.1, -0.05) is 0 Å². The van der Waals surface area contributed by atoms with Crippen molar-refractivity contribution >= 4 is 17.0 Å². The Bertz CT molecular complexity index is 263. The molecule has 0 aromatic carbocycles. The third kappa shape index (κ3) is 2.26. The molecule has 4 heteroatoms. The average molecular weight is 213 g/mol. The van der Waals surface area contributed by atoms with E-state index in [0.717, 1.165) is 13.0 Å². The van der Waals surface area contributed by atoms with Crippen molar-refractivity contribution in [3.05, 3.63) is 16.8 Å². The van der Waals surface area contributed by atoms with E-state index < -0.39 is 0 Å². The second-order valence-electron chi connectivity index (χ2n) is 3.40. The SMILES string of the molecule is COC1COCCC1Nc1ccsc1. The van der Waals surface area contributed by atoms with E-state index in [-0.39, 0.29) is 6.10 Å². The van der Waals surface area contributed by atoms with Crippen LogP contribution in [0.25, 0.3) is 0 Å². The van der Waals surface area contributed by atoms with Gasteiger partial charge < -0.3 is 14.8 Å². The van der Waals surface area contributed by atoms with Crippen molar-refractivity contribution in [1.29, 1.82) is 0 Å². The van der Waals surface area contributed by atoms with Crippen LogP contribution < -0.4 is 5.32 Å². The summed E-state index contributed by atoms with van der Waals surface area (Å²) >= 11 is 1.70. The molecule has 0 amide bonds. The molecule has 78 valence electrons. The topological polar surface area (TPSA) is 30.5 Å². The Morgan fingerprint density at radius 1 is 1.64 bits per heavy atom. The van der Waals surface area contributed by atoms with Crippen molar-refractivity contribution in [2.24, 2.45) is 0 Å². The maximum atomic E-state index is 5.37. The molecule has 1 aromatic heterocycles. The molecule has 1 N–H and O–H groups in total. The number of hydrogen-bond donors (Lipinski definition) is 1. The molecule has 1 fully saturated rings. The second kappa shape index (κ2) is 4.77. The van der Waals surface area contributed by atoms with Crippen LogP contribution in [0.1, 0.15) is 6.42 Å². The maximum Gasteiger partial charge on any atom is 0.101 e. The largest absolute Gasteiger partial charge is 0.379 e. The molecule has 2 unspecified atom stereocenters. The van der Waals surface area contributed by atoms with Crippen molar-refractivity contribution in [2.75, 3.05) is 25.6 Å². The van der Waals surface area contributed by atoms with Gasteiger partial charge in [-0.05, 0) is 17.9 Å². The Labute approximate surface area is 88.0 Å². The van der Waals surface area contributed by atoms with Crippen LogP contribution in [0.4, 0.5) is 5.69 Å². The maximum absolute atomic E-state index is 5.37. The molecule has 2 atom stereocenters. The lowest BCUT2D eigenvalue weighted by atomic mass is 10.1. The van der Waals surface area contributed by atoms with Crippen LogP contribution in [0.3, 0.4) is 0 Å². The van der Waals surface area contributed by atoms with Gasteiger partial charge in [-0.25, -0.2) is 0 Å². The van der Waals surface area contributed by atoms with Gasteiger partial charge in [-0.15, -0.1) is 0 Å². The molecule has 1 aliphatic rings. The molecule has 1 aromatic rings. The summed E-state index contributed by atoms with van der Waals surface area (Å²) in [5, 5.41) is 7.65. The van der Waals surface area contributed by atoms with Crippen molar-refractivity contribution in [1.82, 2.24) is 0 Å². The minimum absolute atomic E-state index is 0.170. The van der Waals surface area contributed by atoms with Gasteiger partial charge >= 0.3 is 0 Å². The monoisotopic (exact) mass is 213 g/mol. The summed E-state index contributed by atoms with van der Waals surface area (Å²) in [5.41, 5.74) is 1.18. The summed E-state index contributed by atoms with van der Waals surface area (Å²) in [7, 11) is 1.74. The molecule has 0 aliphatic carbocycles. The summed E-state index contributed by atoms with van der Waals surface area (Å²) < 4.78 is 10.7. The summed E-state index contributed by atoms with van der Waals surface area (Å²) in [5.74, 6) is 0. The summed E-state index contributed by atoms with van der Waals surface area (Å²) in [6.45, 7) is 1.51. The Balaban J connectivity index is 1.94. The van der Waals surface area contributed by atoms with Gasteiger partial charge in [0.05, 0.1) is 12.6 Å². The van der Waals surface area contributed by atoms with Gasteiger partial charge in [0.15, 0.2) is 0 Å². The number of nitrogens with one attached hydrogen (secondary N) is 1. The Hall–Kier alpha value is -0.580. The highest BCUT2D eigenvalue weighted by molar-refractivity contribution is 7.08. The zero-order valence-corrected chi connectivity index (χ0v) is 9.05. The quantitative estimate of drug-likeness (QED) is 0.832. The highest BCUT2D eigenvalue weighted by Gasteiger charge is 2.25. The van der Waals surface area contributed by atoms with E-state index in [0.29, 0.717) is 12.6 Å². The highest BCUT2D eigenvalue weighted by atomic mass is 32.1. The number of hydrogen-bond acceptors (Lipinski definition) is 4. The predicted octanol–water partition coefficient (Wildman–Crippen LogP) is 1.96. The van der Waals surface area contributed by atoms with Crippen LogP contribution >= 0.6 is 11.3 Å². The molecule has 0 saturated carbocycles. The van der Waals surface area contributed by atoms with Crippen LogP contribution in [0, 0.1) is 0 Å². The summed E-state index contributed by atoms with van der Waals surface area (Å²) in [6, 6.07) is 2.47. The minimum Gasteiger partial charge on any atom is -0.379 e. The van der Waals surface area contributed by atoms with E-state index in [9.17, 15) is 0 Å². The van der Waals surface area contributed by atoms with Gasteiger partial charge in [0.25, 0.3) is 0 Å². The normalized spacial score (nSPS) is 27.5. The molecule has 0 radical (unpaired) electrons. The smallest absolute Gasteiger partial charge is 0.101 e. The fourth-order valence-corrected chi connectivity index (χ4v) is 2.27. The van der Waals surface area contributed by atoms with E-state index in [2.05, 4.69) is 22.1 Å². The minimum atomic E-state index is 0.170. The lowest BCUT2D eigenvalue weighted by Gasteiger charge is -2.31. The van der Waals surface area contributed by atoms with Crippen LogP contribution in [-0.2, 0) is 9.47 Å². The zero-order valence-electron chi connectivity index (χ0n) is 8.23.